The average molecular weight is 147 g/mol. The van der Waals surface area contributed by atoms with Crippen molar-refractivity contribution in [3.05, 3.63) is 0 Å². The van der Waals surface area contributed by atoms with E-state index in [0.29, 0.717) is 12.8 Å². The smallest absolute Gasteiger partial charge is 0.404 e. The minimum absolute atomic E-state index is 0.0651. The number of hydrogen-bond donors (Lipinski definition) is 3. The number of hydrogen-bond acceptors (Lipinski definition) is 2. The Morgan fingerprint density at radius 1 is 1.70 bits per heavy atom. The number of nitrogens with one attached hydrogen (secondary N) is 1. The monoisotopic (exact) mass is 147 g/mol. The molecule has 0 saturated heterocycles. The van der Waals surface area contributed by atoms with E-state index in [1.54, 1.807) is 6.92 Å². The first-order valence-corrected chi connectivity index (χ1v) is 3.27. The van der Waals surface area contributed by atoms with Crippen LogP contribution < -0.4 is 5.32 Å². The van der Waals surface area contributed by atoms with E-state index in [9.17, 15) is 4.79 Å². The maximum Gasteiger partial charge on any atom is 0.404 e. The molecular weight excluding hydrogens is 134 g/mol. The molecule has 3 N–H and O–H groups in total. The fourth-order valence-electron chi connectivity index (χ4n) is 0.680. The number of carbonyl (C=O) groups is 1. The fourth-order valence-corrected chi connectivity index (χ4v) is 0.680. The molecule has 0 aliphatic heterocycles. The highest BCUT2D eigenvalue weighted by atomic mass is 16.4. The lowest BCUT2D eigenvalue weighted by atomic mass is 10.2. The molecule has 4 heteroatoms. The highest BCUT2D eigenvalue weighted by Crippen LogP contribution is 1.93. The van der Waals surface area contributed by atoms with E-state index < -0.39 is 6.09 Å². The second-order valence-corrected chi connectivity index (χ2v) is 2.22. The van der Waals surface area contributed by atoms with Gasteiger partial charge in [-0.05, 0) is 19.8 Å². The fraction of sp³-hybridized carbons (Fsp3) is 0.833. The third-order valence-electron chi connectivity index (χ3n) is 1.17. The molecule has 60 valence electrons. The van der Waals surface area contributed by atoms with E-state index in [1.165, 1.54) is 0 Å². The topological polar surface area (TPSA) is 69.6 Å². The minimum Gasteiger partial charge on any atom is -0.465 e. The highest BCUT2D eigenvalue weighted by molar-refractivity contribution is 5.64. The Balaban J connectivity index is 3.25. The van der Waals surface area contributed by atoms with Crippen LogP contribution in [0.2, 0.25) is 0 Å². The lowest BCUT2D eigenvalue weighted by molar-refractivity contribution is 0.188. The predicted octanol–water partition coefficient (Wildman–Crippen LogP) is 0.415. The SMILES string of the molecule is C[C@@H](CCCO)NC(=O)O. The third kappa shape index (κ3) is 5.37. The summed E-state index contributed by atoms with van der Waals surface area (Å²) in [6.07, 6.45) is 0.315. The molecule has 0 spiro atoms. The standard InChI is InChI=1S/C6H13NO3/c1-5(3-2-4-8)7-6(9)10/h5,7-8H,2-4H2,1H3,(H,9,10)/t5-/m0/s1. The molecule has 0 aromatic heterocycles. The first-order chi connectivity index (χ1) is 4.66. The van der Waals surface area contributed by atoms with Gasteiger partial charge < -0.3 is 15.5 Å². The summed E-state index contributed by atoms with van der Waals surface area (Å²) in [5.74, 6) is 0. The molecule has 4 nitrogen and oxygen atoms in total. The van der Waals surface area contributed by atoms with E-state index in [2.05, 4.69) is 5.32 Å². The van der Waals surface area contributed by atoms with E-state index >= 15 is 0 Å². The van der Waals surface area contributed by atoms with Gasteiger partial charge >= 0.3 is 6.09 Å². The van der Waals surface area contributed by atoms with E-state index in [-0.39, 0.29) is 12.6 Å². The Morgan fingerprint density at radius 3 is 2.70 bits per heavy atom. The molecule has 0 saturated carbocycles. The van der Waals surface area contributed by atoms with Crippen LogP contribution in [0, 0.1) is 0 Å². The van der Waals surface area contributed by atoms with Crippen LogP contribution in [0.4, 0.5) is 4.79 Å². The quantitative estimate of drug-likeness (QED) is 0.539. The van der Waals surface area contributed by atoms with E-state index in [4.69, 9.17) is 10.2 Å². The second-order valence-electron chi connectivity index (χ2n) is 2.22. The highest BCUT2D eigenvalue weighted by Gasteiger charge is 2.02. The molecule has 0 rings (SSSR count). The van der Waals surface area contributed by atoms with E-state index in [0.717, 1.165) is 0 Å². The van der Waals surface area contributed by atoms with Crippen molar-refractivity contribution in [1.82, 2.24) is 5.32 Å². The summed E-state index contributed by atoms with van der Waals surface area (Å²) in [5, 5.41) is 18.9. The van der Waals surface area contributed by atoms with Crippen LogP contribution in [0.3, 0.4) is 0 Å². The Labute approximate surface area is 59.9 Å². The van der Waals surface area contributed by atoms with Gasteiger partial charge in [0.25, 0.3) is 0 Å². The van der Waals surface area contributed by atoms with Crippen LogP contribution >= 0.6 is 0 Å². The number of rotatable bonds is 4. The van der Waals surface area contributed by atoms with Gasteiger partial charge in [0, 0.05) is 12.6 Å². The van der Waals surface area contributed by atoms with Gasteiger partial charge in [-0.2, -0.15) is 0 Å². The second kappa shape index (κ2) is 5.05. The van der Waals surface area contributed by atoms with Gasteiger partial charge in [-0.1, -0.05) is 0 Å². The first kappa shape index (κ1) is 9.23. The third-order valence-corrected chi connectivity index (χ3v) is 1.17. The molecule has 10 heavy (non-hydrogen) atoms. The van der Waals surface area contributed by atoms with Gasteiger partial charge in [-0.15, -0.1) is 0 Å². The summed E-state index contributed by atoms with van der Waals surface area (Å²) in [7, 11) is 0. The number of aliphatic hydroxyl groups is 1. The van der Waals surface area contributed by atoms with Crippen molar-refractivity contribution >= 4 is 6.09 Å². The van der Waals surface area contributed by atoms with Crippen LogP contribution in [-0.2, 0) is 0 Å². The molecule has 0 radical (unpaired) electrons. The van der Waals surface area contributed by atoms with Gasteiger partial charge in [0.15, 0.2) is 0 Å². The zero-order chi connectivity index (χ0) is 7.98. The summed E-state index contributed by atoms with van der Waals surface area (Å²) in [6.45, 7) is 1.88. The number of carboxylic acid groups (broad SMARTS) is 1. The molecule has 0 fully saturated rings. The molecule has 0 aromatic rings. The molecule has 0 bridgehead atoms. The molecule has 1 atom stereocenters. The van der Waals surface area contributed by atoms with Gasteiger partial charge in [-0.25, -0.2) is 4.79 Å². The normalized spacial score (nSPS) is 12.6. The van der Waals surface area contributed by atoms with E-state index in [1.807, 2.05) is 0 Å². The van der Waals surface area contributed by atoms with Gasteiger partial charge in [-0.3, -0.25) is 0 Å². The molecule has 0 heterocycles. The van der Waals surface area contributed by atoms with Crippen LogP contribution in [0.1, 0.15) is 19.8 Å². The molecule has 0 aliphatic rings. The van der Waals surface area contributed by atoms with Crippen LogP contribution in [0.15, 0.2) is 0 Å². The number of aliphatic hydroxyl groups excluding tert-OH is 1. The van der Waals surface area contributed by atoms with Crippen molar-refractivity contribution < 1.29 is 15.0 Å². The minimum atomic E-state index is -1.01. The predicted molar refractivity (Wildman–Crippen MR) is 36.9 cm³/mol. The molecule has 0 aromatic carbocycles. The zero-order valence-electron chi connectivity index (χ0n) is 6.00. The lowest BCUT2D eigenvalue weighted by Crippen LogP contribution is -2.30. The summed E-state index contributed by atoms with van der Waals surface area (Å²) in [4.78, 5) is 10.00. The molecule has 1 amide bonds. The summed E-state index contributed by atoms with van der Waals surface area (Å²) in [6, 6.07) is -0.0651. The van der Waals surface area contributed by atoms with Crippen molar-refractivity contribution in [3.63, 3.8) is 0 Å². The largest absolute Gasteiger partial charge is 0.465 e. The Bertz CT molecular complexity index is 105. The maximum atomic E-state index is 10.00. The molecular formula is C6H13NO3. The van der Waals surface area contributed by atoms with Crippen molar-refractivity contribution in [2.45, 2.75) is 25.8 Å². The van der Waals surface area contributed by atoms with Gasteiger partial charge in [0.05, 0.1) is 0 Å². The van der Waals surface area contributed by atoms with Crippen LogP contribution in [-0.4, -0.2) is 29.0 Å². The maximum absolute atomic E-state index is 10.00. The van der Waals surface area contributed by atoms with Crippen molar-refractivity contribution in [1.29, 1.82) is 0 Å². The Hall–Kier alpha value is -0.770. The van der Waals surface area contributed by atoms with Crippen molar-refractivity contribution in [2.75, 3.05) is 6.61 Å². The Kier molecular flexibility index (Phi) is 4.66. The Morgan fingerprint density at radius 2 is 2.30 bits per heavy atom. The molecule has 0 unspecified atom stereocenters. The summed E-state index contributed by atoms with van der Waals surface area (Å²) >= 11 is 0. The molecule has 0 aliphatic carbocycles. The van der Waals surface area contributed by atoms with Crippen LogP contribution in [0.5, 0.6) is 0 Å². The van der Waals surface area contributed by atoms with Crippen LogP contribution in [0.25, 0.3) is 0 Å². The zero-order valence-corrected chi connectivity index (χ0v) is 6.00. The number of amides is 1. The van der Waals surface area contributed by atoms with Crippen molar-refractivity contribution in [3.8, 4) is 0 Å². The van der Waals surface area contributed by atoms with Crippen molar-refractivity contribution in [2.24, 2.45) is 0 Å². The average Bonchev–Trinajstić information content (AvgIpc) is 1.82. The van der Waals surface area contributed by atoms with Gasteiger partial charge in [0.1, 0.15) is 0 Å². The van der Waals surface area contributed by atoms with Gasteiger partial charge in [0.2, 0.25) is 0 Å². The summed E-state index contributed by atoms with van der Waals surface area (Å²) < 4.78 is 0. The lowest BCUT2D eigenvalue weighted by Gasteiger charge is -2.08. The summed E-state index contributed by atoms with van der Waals surface area (Å²) in [5.41, 5.74) is 0. The first-order valence-electron chi connectivity index (χ1n) is 3.27.